The monoisotopic (exact) mass is 338 g/mol. The zero-order chi connectivity index (χ0) is 17.3. The number of nitrogens with zero attached hydrogens (tertiary/aromatic N) is 1. The molecule has 1 aromatic carbocycles. The van der Waals surface area contributed by atoms with E-state index in [1.807, 2.05) is 18.2 Å². The van der Waals surface area contributed by atoms with Gasteiger partial charge in [-0.1, -0.05) is 11.6 Å². The summed E-state index contributed by atoms with van der Waals surface area (Å²) in [4.78, 5) is 19.2. The number of methoxy groups -OCH3 is 1. The first-order valence-corrected chi connectivity index (χ1v) is 8.93. The van der Waals surface area contributed by atoms with E-state index in [-0.39, 0.29) is 30.0 Å². The zero-order valence-corrected chi connectivity index (χ0v) is 14.5. The summed E-state index contributed by atoms with van der Waals surface area (Å²) >= 11 is 0. The number of hydrogen-bond donors (Lipinski definition) is 2. The van der Waals surface area contributed by atoms with Crippen LogP contribution < -0.4 is 10.2 Å². The van der Waals surface area contributed by atoms with Gasteiger partial charge in [-0.15, -0.1) is 0 Å². The van der Waals surface area contributed by atoms with Gasteiger partial charge < -0.3 is 14.8 Å². The summed E-state index contributed by atoms with van der Waals surface area (Å²) in [6, 6.07) is 5.85. The van der Waals surface area contributed by atoms with E-state index in [0.717, 1.165) is 35.5 Å². The van der Waals surface area contributed by atoms with Crippen LogP contribution in [0, 0.1) is 11.8 Å². The Morgan fingerprint density at radius 2 is 2.28 bits per heavy atom. The minimum atomic E-state index is 0.0303. The lowest BCUT2D eigenvalue weighted by Gasteiger charge is -2.51. The molecule has 1 aromatic heterocycles. The number of nitrogens with one attached hydrogen (secondary N) is 1. The number of aromatic amines is 1. The molecule has 2 N–H and O–H groups in total. The Hall–Kier alpha value is -2.11. The first kappa shape index (κ1) is 15.2. The number of H-pyrrole nitrogens is 1. The summed E-state index contributed by atoms with van der Waals surface area (Å²) in [5, 5.41) is 10.8. The SMILES string of the molecule is CC=C1CN2C3CC1C(CO)C2c1c3[nH]c2cc(OC)ccc2c1=O. The number of aromatic nitrogens is 1. The highest BCUT2D eigenvalue weighted by Crippen LogP contribution is 2.59. The first-order chi connectivity index (χ1) is 12.2. The van der Waals surface area contributed by atoms with Gasteiger partial charge >= 0.3 is 0 Å². The lowest BCUT2D eigenvalue weighted by Crippen LogP contribution is -2.50. The van der Waals surface area contributed by atoms with Gasteiger partial charge in [0, 0.05) is 47.8 Å². The van der Waals surface area contributed by atoms with E-state index >= 15 is 0 Å². The van der Waals surface area contributed by atoms with E-state index in [9.17, 15) is 9.90 Å². The van der Waals surface area contributed by atoms with Crippen molar-refractivity contribution < 1.29 is 9.84 Å². The van der Waals surface area contributed by atoms with Gasteiger partial charge in [-0.05, 0) is 31.4 Å². The van der Waals surface area contributed by atoms with Crippen LogP contribution in [0.15, 0.2) is 34.6 Å². The molecule has 130 valence electrons. The van der Waals surface area contributed by atoms with Crippen molar-refractivity contribution in [3.63, 3.8) is 0 Å². The van der Waals surface area contributed by atoms with Gasteiger partial charge in [-0.25, -0.2) is 0 Å². The summed E-state index contributed by atoms with van der Waals surface area (Å²) in [5.74, 6) is 1.22. The van der Waals surface area contributed by atoms with Crippen molar-refractivity contribution in [1.82, 2.24) is 9.88 Å². The fourth-order valence-electron chi connectivity index (χ4n) is 5.36. The number of piperidine rings is 3. The van der Waals surface area contributed by atoms with Gasteiger partial charge in [0.2, 0.25) is 0 Å². The van der Waals surface area contributed by atoms with E-state index in [4.69, 9.17) is 4.74 Å². The minimum Gasteiger partial charge on any atom is -0.497 e. The molecule has 3 fully saturated rings. The molecule has 0 radical (unpaired) electrons. The van der Waals surface area contributed by atoms with Gasteiger partial charge in [0.15, 0.2) is 5.43 Å². The Labute approximate surface area is 145 Å². The summed E-state index contributed by atoms with van der Waals surface area (Å²) in [6.45, 7) is 3.09. The van der Waals surface area contributed by atoms with Crippen LogP contribution in [0.2, 0.25) is 0 Å². The minimum absolute atomic E-state index is 0.0303. The highest BCUT2D eigenvalue weighted by molar-refractivity contribution is 5.81. The molecule has 4 aliphatic rings. The standard InChI is InChI=1S/C20H22N2O3/c1-3-10-8-22-16-7-13(10)14(9-23)19(22)17-18(16)21-15-6-11(25-2)4-5-12(15)20(17)24/h3-6,13-14,16,19,23H,7-9H2,1-2H3,(H,21,24). The predicted molar refractivity (Wildman–Crippen MR) is 95.7 cm³/mol. The van der Waals surface area contributed by atoms with Crippen molar-refractivity contribution in [3.8, 4) is 5.75 Å². The summed E-state index contributed by atoms with van der Waals surface area (Å²) in [5.41, 5.74) is 4.26. The van der Waals surface area contributed by atoms with E-state index in [1.165, 1.54) is 5.57 Å². The van der Waals surface area contributed by atoms with Crippen LogP contribution in [0.3, 0.4) is 0 Å². The van der Waals surface area contributed by atoms with E-state index < -0.39 is 0 Å². The summed E-state index contributed by atoms with van der Waals surface area (Å²) < 4.78 is 5.31. The molecule has 5 nitrogen and oxygen atoms in total. The number of allylic oxidation sites excluding steroid dienone is 1. The fraction of sp³-hybridized carbons (Fsp3) is 0.450. The average molecular weight is 338 g/mol. The Bertz CT molecular complexity index is 961. The normalized spacial score (nSPS) is 33.9. The Morgan fingerprint density at radius 1 is 1.44 bits per heavy atom. The lowest BCUT2D eigenvalue weighted by atomic mass is 9.70. The highest BCUT2D eigenvalue weighted by atomic mass is 16.5. The third-order valence-corrected chi connectivity index (χ3v) is 6.48. The molecular weight excluding hydrogens is 316 g/mol. The van der Waals surface area contributed by atoms with Crippen LogP contribution in [-0.4, -0.2) is 35.3 Å². The van der Waals surface area contributed by atoms with Crippen LogP contribution in [-0.2, 0) is 0 Å². The molecule has 0 amide bonds. The van der Waals surface area contributed by atoms with Gasteiger partial charge in [0.25, 0.3) is 0 Å². The van der Waals surface area contributed by atoms with E-state index in [0.29, 0.717) is 11.3 Å². The molecule has 2 aromatic rings. The Kier molecular flexibility index (Phi) is 3.15. The molecule has 5 unspecified atom stereocenters. The number of ether oxygens (including phenoxy) is 1. The third kappa shape index (κ3) is 1.82. The van der Waals surface area contributed by atoms with Crippen molar-refractivity contribution in [2.75, 3.05) is 20.3 Å². The number of aliphatic hydroxyl groups is 1. The molecule has 3 saturated heterocycles. The number of rotatable bonds is 2. The molecule has 5 heteroatoms. The van der Waals surface area contributed by atoms with Gasteiger partial charge in [-0.3, -0.25) is 9.69 Å². The van der Waals surface area contributed by atoms with Crippen molar-refractivity contribution in [2.45, 2.75) is 25.4 Å². The number of hydrogen-bond acceptors (Lipinski definition) is 4. The smallest absolute Gasteiger partial charge is 0.194 e. The maximum atomic E-state index is 13.3. The molecule has 4 bridgehead atoms. The van der Waals surface area contributed by atoms with Crippen molar-refractivity contribution in [2.24, 2.45) is 11.8 Å². The largest absolute Gasteiger partial charge is 0.497 e. The molecule has 5 heterocycles. The molecule has 4 aliphatic heterocycles. The number of fused-ring (bicyclic) bond motifs is 3. The Balaban J connectivity index is 1.75. The van der Waals surface area contributed by atoms with Crippen LogP contribution in [0.25, 0.3) is 10.9 Å². The number of aliphatic hydroxyl groups excluding tert-OH is 1. The fourth-order valence-corrected chi connectivity index (χ4v) is 5.36. The molecule has 5 atom stereocenters. The Morgan fingerprint density at radius 3 is 3.00 bits per heavy atom. The quantitative estimate of drug-likeness (QED) is 0.826. The second kappa shape index (κ2) is 5.19. The molecule has 25 heavy (non-hydrogen) atoms. The molecule has 0 saturated carbocycles. The first-order valence-electron chi connectivity index (χ1n) is 8.93. The van der Waals surface area contributed by atoms with E-state index in [1.54, 1.807) is 7.11 Å². The van der Waals surface area contributed by atoms with Crippen LogP contribution in [0.5, 0.6) is 5.75 Å². The van der Waals surface area contributed by atoms with Crippen molar-refractivity contribution in [3.05, 3.63) is 51.3 Å². The van der Waals surface area contributed by atoms with Crippen molar-refractivity contribution in [1.29, 1.82) is 0 Å². The van der Waals surface area contributed by atoms with Crippen LogP contribution >= 0.6 is 0 Å². The molecule has 0 aliphatic carbocycles. The second-order valence-electron chi connectivity index (χ2n) is 7.38. The molecular formula is C20H22N2O3. The van der Waals surface area contributed by atoms with Gasteiger partial charge in [0.1, 0.15) is 5.75 Å². The van der Waals surface area contributed by atoms with Crippen molar-refractivity contribution >= 4 is 10.9 Å². The zero-order valence-electron chi connectivity index (χ0n) is 14.5. The lowest BCUT2D eigenvalue weighted by molar-refractivity contribution is -0.0255. The summed E-state index contributed by atoms with van der Waals surface area (Å²) in [6.07, 6.45) is 3.16. The van der Waals surface area contributed by atoms with Crippen LogP contribution in [0.4, 0.5) is 0 Å². The maximum Gasteiger partial charge on any atom is 0.194 e. The number of pyridine rings is 1. The highest BCUT2D eigenvalue weighted by Gasteiger charge is 2.56. The molecule has 6 rings (SSSR count). The van der Waals surface area contributed by atoms with Gasteiger partial charge in [-0.2, -0.15) is 0 Å². The van der Waals surface area contributed by atoms with E-state index in [2.05, 4.69) is 22.9 Å². The molecule has 0 spiro atoms. The summed E-state index contributed by atoms with van der Waals surface area (Å²) in [7, 11) is 1.63. The van der Waals surface area contributed by atoms with Gasteiger partial charge in [0.05, 0.1) is 18.7 Å². The second-order valence-corrected chi connectivity index (χ2v) is 7.38. The topological polar surface area (TPSA) is 65.6 Å². The van der Waals surface area contributed by atoms with Crippen LogP contribution in [0.1, 0.15) is 36.7 Å². The maximum absolute atomic E-state index is 13.3. The predicted octanol–water partition coefficient (Wildman–Crippen LogP) is 2.52. The average Bonchev–Trinajstić information content (AvgIpc) is 2.89. The number of benzene rings is 1. The third-order valence-electron chi connectivity index (χ3n) is 6.48.